The molecular weight excluding hydrogens is 184 g/mol. The number of amides is 1. The zero-order chi connectivity index (χ0) is 10.6. The molecular formula is C9H14N2O3. The lowest BCUT2D eigenvalue weighted by Gasteiger charge is -2.09. The van der Waals surface area contributed by atoms with Gasteiger partial charge in [-0.3, -0.25) is 4.79 Å². The van der Waals surface area contributed by atoms with Crippen molar-refractivity contribution in [3.8, 4) is 0 Å². The number of nitrogens with zero attached hydrogens (tertiary/aromatic N) is 1. The van der Waals surface area contributed by atoms with Crippen LogP contribution < -0.4 is 5.32 Å². The summed E-state index contributed by atoms with van der Waals surface area (Å²) >= 11 is 0. The smallest absolute Gasteiger partial charge is 0.331 e. The van der Waals surface area contributed by atoms with Gasteiger partial charge in [0.2, 0.25) is 5.91 Å². The first-order valence-corrected chi connectivity index (χ1v) is 4.40. The molecule has 0 bridgehead atoms. The molecule has 1 N–H and O–H groups in total. The fourth-order valence-electron chi connectivity index (χ4n) is 1.28. The molecule has 0 spiro atoms. The maximum atomic E-state index is 11.4. The Morgan fingerprint density at radius 2 is 2.43 bits per heavy atom. The van der Waals surface area contributed by atoms with Gasteiger partial charge in [0.05, 0.1) is 7.11 Å². The summed E-state index contributed by atoms with van der Waals surface area (Å²) < 4.78 is 4.40. The molecule has 1 aliphatic rings. The van der Waals surface area contributed by atoms with Gasteiger partial charge in [-0.05, 0) is 6.42 Å². The van der Waals surface area contributed by atoms with Gasteiger partial charge in [-0.25, -0.2) is 4.79 Å². The van der Waals surface area contributed by atoms with E-state index in [4.69, 9.17) is 0 Å². The lowest BCUT2D eigenvalue weighted by atomic mass is 10.2. The number of likely N-dealkylation sites (tertiary alicyclic amines) is 1. The van der Waals surface area contributed by atoms with Gasteiger partial charge in [0.25, 0.3) is 0 Å². The second-order valence-corrected chi connectivity index (χ2v) is 3.12. The van der Waals surface area contributed by atoms with E-state index in [1.807, 2.05) is 0 Å². The first kappa shape index (κ1) is 10.6. The largest absolute Gasteiger partial charge is 0.466 e. The monoisotopic (exact) mass is 198 g/mol. The van der Waals surface area contributed by atoms with Crippen molar-refractivity contribution in [1.82, 2.24) is 10.2 Å². The average molecular weight is 198 g/mol. The molecule has 0 radical (unpaired) electrons. The van der Waals surface area contributed by atoms with Gasteiger partial charge in [-0.2, -0.15) is 0 Å². The van der Waals surface area contributed by atoms with Crippen molar-refractivity contribution in [2.24, 2.45) is 0 Å². The van der Waals surface area contributed by atoms with Crippen molar-refractivity contribution in [3.05, 3.63) is 12.3 Å². The van der Waals surface area contributed by atoms with Gasteiger partial charge >= 0.3 is 5.97 Å². The van der Waals surface area contributed by atoms with Crippen molar-refractivity contribution in [2.75, 3.05) is 20.7 Å². The predicted octanol–water partition coefficient (Wildman–Crippen LogP) is -0.507. The maximum Gasteiger partial charge on any atom is 0.331 e. The molecule has 1 aliphatic heterocycles. The molecule has 1 amide bonds. The summed E-state index contributed by atoms with van der Waals surface area (Å²) in [6, 6.07) is -0.207. The summed E-state index contributed by atoms with van der Waals surface area (Å²) in [5, 5.41) is 2.85. The number of carbonyl (C=O) groups excluding carboxylic acids is 2. The van der Waals surface area contributed by atoms with Crippen molar-refractivity contribution in [1.29, 1.82) is 0 Å². The zero-order valence-electron chi connectivity index (χ0n) is 8.32. The molecule has 0 aromatic rings. The van der Waals surface area contributed by atoms with E-state index < -0.39 is 5.97 Å². The molecule has 5 nitrogen and oxygen atoms in total. The minimum atomic E-state index is -0.434. The summed E-state index contributed by atoms with van der Waals surface area (Å²) in [6.07, 6.45) is 3.47. The number of likely N-dealkylation sites (N-methyl/N-ethyl adjacent to an activating group) is 1. The van der Waals surface area contributed by atoms with Crippen molar-refractivity contribution in [2.45, 2.75) is 12.5 Å². The summed E-state index contributed by atoms with van der Waals surface area (Å²) in [5.41, 5.74) is 0. The third-order valence-electron chi connectivity index (χ3n) is 2.15. The van der Waals surface area contributed by atoms with E-state index in [1.54, 1.807) is 11.9 Å². The number of rotatable bonds is 3. The van der Waals surface area contributed by atoms with Crippen molar-refractivity contribution in [3.63, 3.8) is 0 Å². The molecule has 1 rings (SSSR count). The minimum absolute atomic E-state index is 0.0551. The van der Waals surface area contributed by atoms with Gasteiger partial charge < -0.3 is 15.0 Å². The van der Waals surface area contributed by atoms with E-state index in [-0.39, 0.29) is 11.9 Å². The molecule has 1 heterocycles. The van der Waals surface area contributed by atoms with E-state index in [1.165, 1.54) is 19.4 Å². The van der Waals surface area contributed by atoms with Gasteiger partial charge in [-0.1, -0.05) is 0 Å². The standard InChI is InChI=1S/C9H14N2O3/c1-11-6-4-7(9(11)13)10-5-3-8(12)14-2/h3,5,7,10H,4,6H2,1-2H3/b5-3+. The first-order chi connectivity index (χ1) is 6.65. The third kappa shape index (κ3) is 2.48. The highest BCUT2D eigenvalue weighted by molar-refractivity contribution is 5.84. The van der Waals surface area contributed by atoms with E-state index in [0.29, 0.717) is 0 Å². The van der Waals surface area contributed by atoms with Crippen LogP contribution in [0, 0.1) is 0 Å². The van der Waals surface area contributed by atoms with Crippen LogP contribution in [0.1, 0.15) is 6.42 Å². The molecule has 1 unspecified atom stereocenters. The molecule has 78 valence electrons. The molecule has 0 aliphatic carbocycles. The second-order valence-electron chi connectivity index (χ2n) is 3.12. The molecule has 0 aromatic heterocycles. The average Bonchev–Trinajstić information content (AvgIpc) is 2.49. The zero-order valence-corrected chi connectivity index (χ0v) is 8.32. The molecule has 14 heavy (non-hydrogen) atoms. The molecule has 0 aromatic carbocycles. The first-order valence-electron chi connectivity index (χ1n) is 4.40. The Morgan fingerprint density at radius 3 is 2.93 bits per heavy atom. The highest BCUT2D eigenvalue weighted by atomic mass is 16.5. The Balaban J connectivity index is 2.36. The second kappa shape index (κ2) is 4.64. The SMILES string of the molecule is COC(=O)/C=C/NC1CCN(C)C1=O. The van der Waals surface area contributed by atoms with E-state index >= 15 is 0 Å². The highest BCUT2D eigenvalue weighted by Gasteiger charge is 2.27. The number of hydrogen-bond acceptors (Lipinski definition) is 4. The minimum Gasteiger partial charge on any atom is -0.466 e. The van der Waals surface area contributed by atoms with Crippen LogP contribution in [0.3, 0.4) is 0 Å². The Kier molecular flexibility index (Phi) is 3.50. The summed E-state index contributed by atoms with van der Waals surface area (Å²) in [5.74, 6) is -0.379. The Bertz CT molecular complexity index is 263. The number of hydrogen-bond donors (Lipinski definition) is 1. The molecule has 5 heteroatoms. The van der Waals surface area contributed by atoms with Crippen LogP contribution in [0.2, 0.25) is 0 Å². The fraction of sp³-hybridized carbons (Fsp3) is 0.556. The normalized spacial score (nSPS) is 21.7. The Morgan fingerprint density at radius 1 is 1.71 bits per heavy atom. The number of ether oxygens (including phenoxy) is 1. The van der Waals surface area contributed by atoms with Crippen LogP contribution >= 0.6 is 0 Å². The lowest BCUT2D eigenvalue weighted by molar-refractivity contribution is -0.135. The quantitative estimate of drug-likeness (QED) is 0.490. The predicted molar refractivity (Wildman–Crippen MR) is 50.3 cm³/mol. The summed E-state index contributed by atoms with van der Waals surface area (Å²) in [7, 11) is 3.06. The third-order valence-corrected chi connectivity index (χ3v) is 2.15. The van der Waals surface area contributed by atoms with Gasteiger partial charge in [0, 0.05) is 25.9 Å². The Labute approximate surface area is 82.7 Å². The van der Waals surface area contributed by atoms with Crippen molar-refractivity contribution < 1.29 is 14.3 Å². The number of carbonyl (C=O) groups is 2. The van der Waals surface area contributed by atoms with E-state index in [9.17, 15) is 9.59 Å². The van der Waals surface area contributed by atoms with Gasteiger partial charge in [0.1, 0.15) is 6.04 Å². The molecule has 0 saturated carbocycles. The maximum absolute atomic E-state index is 11.4. The van der Waals surface area contributed by atoms with Crippen LogP contribution in [0.15, 0.2) is 12.3 Å². The van der Waals surface area contributed by atoms with Crippen molar-refractivity contribution >= 4 is 11.9 Å². The van der Waals surface area contributed by atoms with Crippen LogP contribution in [0.4, 0.5) is 0 Å². The van der Waals surface area contributed by atoms with E-state index in [0.717, 1.165) is 13.0 Å². The molecule has 1 fully saturated rings. The van der Waals surface area contributed by atoms with Gasteiger partial charge in [-0.15, -0.1) is 0 Å². The van der Waals surface area contributed by atoms with Crippen LogP contribution in [0.25, 0.3) is 0 Å². The fourth-order valence-corrected chi connectivity index (χ4v) is 1.28. The van der Waals surface area contributed by atoms with E-state index in [2.05, 4.69) is 10.1 Å². The number of methoxy groups -OCH3 is 1. The number of nitrogens with one attached hydrogen (secondary N) is 1. The van der Waals surface area contributed by atoms with Crippen LogP contribution in [0.5, 0.6) is 0 Å². The topological polar surface area (TPSA) is 58.6 Å². The molecule has 1 atom stereocenters. The number of esters is 1. The van der Waals surface area contributed by atoms with Crippen LogP contribution in [-0.4, -0.2) is 43.5 Å². The van der Waals surface area contributed by atoms with Crippen LogP contribution in [-0.2, 0) is 14.3 Å². The summed E-state index contributed by atoms with van der Waals surface area (Å²) in [4.78, 5) is 23.7. The lowest BCUT2D eigenvalue weighted by Crippen LogP contribution is -2.33. The van der Waals surface area contributed by atoms with Gasteiger partial charge in [0.15, 0.2) is 0 Å². The Hall–Kier alpha value is -1.52. The summed E-state index contributed by atoms with van der Waals surface area (Å²) in [6.45, 7) is 0.753. The molecule has 1 saturated heterocycles. The highest BCUT2D eigenvalue weighted by Crippen LogP contribution is 2.07.